The highest BCUT2D eigenvalue weighted by atomic mass is 19.1. The molecular formula is C24H23F2N5O3. The predicted octanol–water partition coefficient (Wildman–Crippen LogP) is 3.43. The van der Waals surface area contributed by atoms with Crippen molar-refractivity contribution in [2.45, 2.75) is 37.7 Å². The van der Waals surface area contributed by atoms with Crippen LogP contribution in [0.5, 0.6) is 0 Å². The molecule has 1 aliphatic rings. The Morgan fingerprint density at radius 3 is 2.38 bits per heavy atom. The van der Waals surface area contributed by atoms with Crippen LogP contribution in [0.3, 0.4) is 0 Å². The first-order valence-electron chi connectivity index (χ1n) is 10.8. The molecule has 0 amide bonds. The van der Waals surface area contributed by atoms with Crippen LogP contribution >= 0.6 is 0 Å². The molecule has 1 fully saturated rings. The van der Waals surface area contributed by atoms with Crippen LogP contribution in [0.15, 0.2) is 66.9 Å². The predicted molar refractivity (Wildman–Crippen MR) is 119 cm³/mol. The molecular weight excluding hydrogens is 444 g/mol. The van der Waals surface area contributed by atoms with Crippen LogP contribution in [0.4, 0.5) is 14.6 Å². The lowest BCUT2D eigenvalue weighted by Gasteiger charge is -2.20. The number of ether oxygens (including phenoxy) is 3. The highest BCUT2D eigenvalue weighted by Gasteiger charge is 2.48. The minimum atomic E-state index is -1.58. The van der Waals surface area contributed by atoms with Crippen molar-refractivity contribution in [1.29, 1.82) is 0 Å². The molecule has 0 unspecified atom stereocenters. The molecule has 0 radical (unpaired) electrons. The van der Waals surface area contributed by atoms with Crippen molar-refractivity contribution in [1.82, 2.24) is 19.6 Å². The van der Waals surface area contributed by atoms with Gasteiger partial charge >= 0.3 is 6.08 Å². The van der Waals surface area contributed by atoms with Crippen LogP contribution < -0.4 is 5.73 Å². The molecule has 1 saturated heterocycles. The van der Waals surface area contributed by atoms with Gasteiger partial charge in [-0.15, -0.1) is 5.10 Å². The second-order valence-corrected chi connectivity index (χ2v) is 7.99. The molecule has 0 bridgehead atoms. The summed E-state index contributed by atoms with van der Waals surface area (Å²) in [5.41, 5.74) is 7.97. The van der Waals surface area contributed by atoms with Gasteiger partial charge in [-0.3, -0.25) is 0 Å². The number of rotatable bonds is 8. The Balaban J connectivity index is 1.36. The van der Waals surface area contributed by atoms with E-state index >= 15 is 4.39 Å². The van der Waals surface area contributed by atoms with Gasteiger partial charge in [-0.2, -0.15) is 9.37 Å². The number of benzene rings is 2. The Morgan fingerprint density at radius 1 is 1.00 bits per heavy atom. The Hall–Kier alpha value is -3.47. The van der Waals surface area contributed by atoms with Gasteiger partial charge < -0.3 is 19.9 Å². The van der Waals surface area contributed by atoms with Gasteiger partial charge in [0.05, 0.1) is 31.7 Å². The van der Waals surface area contributed by atoms with E-state index in [-0.39, 0.29) is 30.4 Å². The van der Waals surface area contributed by atoms with Crippen molar-refractivity contribution in [2.24, 2.45) is 0 Å². The van der Waals surface area contributed by atoms with Gasteiger partial charge in [0.2, 0.25) is 0 Å². The number of halogens is 2. The van der Waals surface area contributed by atoms with Crippen molar-refractivity contribution < 1.29 is 23.0 Å². The third-order valence-electron chi connectivity index (χ3n) is 5.65. The number of hydrogen-bond donors (Lipinski definition) is 1. The monoisotopic (exact) mass is 467 g/mol. The van der Waals surface area contributed by atoms with Gasteiger partial charge in [0.25, 0.3) is 0 Å². The fourth-order valence-corrected chi connectivity index (χ4v) is 4.01. The van der Waals surface area contributed by atoms with Gasteiger partial charge in [0.1, 0.15) is 18.3 Å². The third-order valence-corrected chi connectivity index (χ3v) is 5.65. The highest BCUT2D eigenvalue weighted by Crippen LogP contribution is 2.38. The van der Waals surface area contributed by atoms with Crippen LogP contribution in [0.2, 0.25) is 0 Å². The molecule has 2 aromatic carbocycles. The Bertz CT molecular complexity index is 1240. The summed E-state index contributed by atoms with van der Waals surface area (Å²) >= 11 is 0. The molecule has 0 saturated carbocycles. The first-order valence-corrected chi connectivity index (χ1v) is 10.8. The molecule has 10 heteroatoms. The average molecular weight is 467 g/mol. The van der Waals surface area contributed by atoms with Crippen LogP contribution in [0.1, 0.15) is 22.9 Å². The number of alkyl halides is 1. The van der Waals surface area contributed by atoms with Crippen molar-refractivity contribution in [3.8, 4) is 0 Å². The van der Waals surface area contributed by atoms with E-state index in [0.29, 0.717) is 6.61 Å². The summed E-state index contributed by atoms with van der Waals surface area (Å²) in [7, 11) is 0. The number of nitrogens with two attached hydrogens (primary N) is 1. The SMILES string of the molecule is Nc1nc(F)nn2c([C@@H]3O[C@H](COCc4ccccc4)[C@@H](OCc4ccccc4)[C@H]3F)cnc12. The maximum Gasteiger partial charge on any atom is 0.328 e. The molecule has 0 aliphatic carbocycles. The summed E-state index contributed by atoms with van der Waals surface area (Å²) in [5, 5.41) is 3.70. The lowest BCUT2D eigenvalue weighted by atomic mass is 10.1. The topological polar surface area (TPSA) is 96.8 Å². The van der Waals surface area contributed by atoms with E-state index in [4.69, 9.17) is 19.9 Å². The van der Waals surface area contributed by atoms with E-state index in [1.54, 1.807) is 0 Å². The molecule has 8 nitrogen and oxygen atoms in total. The number of fused-ring (bicyclic) bond motifs is 1. The number of imidazole rings is 1. The molecule has 34 heavy (non-hydrogen) atoms. The smallest absolute Gasteiger partial charge is 0.328 e. The summed E-state index contributed by atoms with van der Waals surface area (Å²) in [4.78, 5) is 7.57. The lowest BCUT2D eigenvalue weighted by molar-refractivity contribution is -0.0742. The maximum absolute atomic E-state index is 15.7. The Labute approximate surface area is 194 Å². The van der Waals surface area contributed by atoms with Crippen molar-refractivity contribution >= 4 is 11.5 Å². The Morgan fingerprint density at radius 2 is 1.68 bits per heavy atom. The zero-order valence-corrected chi connectivity index (χ0v) is 18.1. The molecule has 3 heterocycles. The summed E-state index contributed by atoms with van der Waals surface area (Å²) < 4.78 is 48.5. The fraction of sp³-hybridized carbons (Fsp3) is 0.292. The molecule has 1 aliphatic heterocycles. The van der Waals surface area contributed by atoms with E-state index in [2.05, 4.69) is 15.1 Å². The second-order valence-electron chi connectivity index (χ2n) is 7.99. The van der Waals surface area contributed by atoms with E-state index in [1.165, 1.54) is 6.20 Å². The molecule has 2 aromatic heterocycles. The van der Waals surface area contributed by atoms with Crippen LogP contribution in [-0.4, -0.2) is 44.6 Å². The number of nitrogens with zero attached hydrogens (tertiary/aromatic N) is 4. The molecule has 5 rings (SSSR count). The van der Waals surface area contributed by atoms with E-state index in [1.807, 2.05) is 60.7 Å². The number of aromatic nitrogens is 4. The van der Waals surface area contributed by atoms with E-state index < -0.39 is 30.6 Å². The zero-order chi connectivity index (χ0) is 23.5. The number of nitrogen functional groups attached to an aromatic ring is 1. The maximum atomic E-state index is 15.7. The molecule has 0 spiro atoms. The molecule has 4 aromatic rings. The summed E-state index contributed by atoms with van der Waals surface area (Å²) in [6, 6.07) is 19.1. The first kappa shape index (κ1) is 22.3. The van der Waals surface area contributed by atoms with Gasteiger partial charge in [0.15, 0.2) is 17.6 Å². The third kappa shape index (κ3) is 4.60. The van der Waals surface area contributed by atoms with E-state index in [0.717, 1.165) is 15.6 Å². The van der Waals surface area contributed by atoms with Gasteiger partial charge in [0, 0.05) is 0 Å². The Kier molecular flexibility index (Phi) is 6.43. The number of anilines is 1. The lowest BCUT2D eigenvalue weighted by Crippen LogP contribution is -2.34. The minimum absolute atomic E-state index is 0.105. The summed E-state index contributed by atoms with van der Waals surface area (Å²) in [5.74, 6) is -0.147. The summed E-state index contributed by atoms with van der Waals surface area (Å²) in [6.45, 7) is 0.653. The van der Waals surface area contributed by atoms with Gasteiger partial charge in [-0.1, -0.05) is 60.7 Å². The molecule has 2 N–H and O–H groups in total. The largest absolute Gasteiger partial charge is 0.380 e. The van der Waals surface area contributed by atoms with Crippen LogP contribution in [0.25, 0.3) is 5.65 Å². The standard InChI is InChI=1S/C24H23F2N5O3/c25-19-20(17-11-28-23-22(27)29-24(26)30-31(17)23)34-18(14-32-12-15-7-3-1-4-8-15)21(19)33-13-16-9-5-2-6-10-16/h1-11,18-21H,12-14H2,(H2,27,29,30)/t18-,19+,20+,21-/m1/s1. The summed E-state index contributed by atoms with van der Waals surface area (Å²) in [6.07, 6.45) is -3.99. The zero-order valence-electron chi connectivity index (χ0n) is 18.1. The minimum Gasteiger partial charge on any atom is -0.380 e. The normalized spacial score (nSPS) is 22.4. The highest BCUT2D eigenvalue weighted by molar-refractivity contribution is 5.59. The van der Waals surface area contributed by atoms with Crippen LogP contribution in [-0.2, 0) is 27.4 Å². The van der Waals surface area contributed by atoms with Crippen molar-refractivity contribution in [3.63, 3.8) is 0 Å². The fourth-order valence-electron chi connectivity index (χ4n) is 4.01. The quantitative estimate of drug-likeness (QED) is 0.424. The van der Waals surface area contributed by atoms with Crippen LogP contribution in [0, 0.1) is 6.08 Å². The first-order chi connectivity index (χ1) is 16.6. The van der Waals surface area contributed by atoms with Crippen molar-refractivity contribution in [3.05, 3.63) is 89.8 Å². The van der Waals surface area contributed by atoms with Gasteiger partial charge in [-0.05, 0) is 11.1 Å². The number of hydrogen-bond acceptors (Lipinski definition) is 7. The molecule has 176 valence electrons. The second kappa shape index (κ2) is 9.80. The average Bonchev–Trinajstić information content (AvgIpc) is 3.40. The van der Waals surface area contributed by atoms with Crippen molar-refractivity contribution in [2.75, 3.05) is 12.3 Å². The van der Waals surface area contributed by atoms with Gasteiger partial charge in [-0.25, -0.2) is 13.9 Å². The van der Waals surface area contributed by atoms with E-state index in [9.17, 15) is 4.39 Å². The molecule has 4 atom stereocenters.